The van der Waals surface area contributed by atoms with Gasteiger partial charge in [0.05, 0.1) is 11.4 Å². The van der Waals surface area contributed by atoms with E-state index in [0.717, 1.165) is 25.7 Å². The number of benzene rings is 1. The van der Waals surface area contributed by atoms with Crippen LogP contribution in [-0.2, 0) is 14.8 Å². The zero-order valence-electron chi connectivity index (χ0n) is 17.0. The fourth-order valence-corrected chi connectivity index (χ4v) is 5.22. The van der Waals surface area contributed by atoms with E-state index in [4.69, 9.17) is 0 Å². The molecule has 8 heteroatoms. The van der Waals surface area contributed by atoms with Gasteiger partial charge in [-0.3, -0.25) is 9.59 Å². The smallest absolute Gasteiger partial charge is 0.251 e. The number of aryl methyl sites for hydroxylation is 1. The normalized spacial score (nSPS) is 15.4. The molecule has 7 nitrogen and oxygen atoms in total. The molecule has 1 aromatic rings. The van der Waals surface area contributed by atoms with Gasteiger partial charge in [-0.2, -0.15) is 4.31 Å². The molecule has 2 N–H and O–H groups in total. The molecule has 28 heavy (non-hydrogen) atoms. The molecule has 1 saturated carbocycles. The Morgan fingerprint density at radius 2 is 1.75 bits per heavy atom. The lowest BCUT2D eigenvalue weighted by Crippen LogP contribution is -2.42. The summed E-state index contributed by atoms with van der Waals surface area (Å²) in [6.45, 7) is 5.85. The summed E-state index contributed by atoms with van der Waals surface area (Å²) in [4.78, 5) is 24.6. The molecular weight excluding hydrogens is 378 g/mol. The van der Waals surface area contributed by atoms with E-state index in [-0.39, 0.29) is 29.0 Å². The SMILES string of the molecule is CCN(CC)S(=O)(=O)c1cc(C(=O)NCC(=O)NC2CCCCC2)ccc1C. The van der Waals surface area contributed by atoms with Gasteiger partial charge in [0.15, 0.2) is 0 Å². The Hall–Kier alpha value is -1.93. The highest BCUT2D eigenvalue weighted by Gasteiger charge is 2.25. The van der Waals surface area contributed by atoms with Crippen LogP contribution >= 0.6 is 0 Å². The van der Waals surface area contributed by atoms with Gasteiger partial charge < -0.3 is 10.6 Å². The van der Waals surface area contributed by atoms with E-state index in [1.54, 1.807) is 32.9 Å². The minimum absolute atomic E-state index is 0.121. The maximum absolute atomic E-state index is 12.8. The highest BCUT2D eigenvalue weighted by atomic mass is 32.2. The molecule has 156 valence electrons. The van der Waals surface area contributed by atoms with E-state index in [2.05, 4.69) is 10.6 Å². The zero-order chi connectivity index (χ0) is 20.7. The first-order chi connectivity index (χ1) is 13.3. The van der Waals surface area contributed by atoms with Crippen LogP contribution in [0.25, 0.3) is 0 Å². The number of hydrogen-bond donors (Lipinski definition) is 2. The van der Waals surface area contributed by atoms with Crippen LogP contribution in [0.2, 0.25) is 0 Å². The van der Waals surface area contributed by atoms with Crippen molar-refractivity contribution in [3.8, 4) is 0 Å². The van der Waals surface area contributed by atoms with E-state index in [0.29, 0.717) is 18.7 Å². The van der Waals surface area contributed by atoms with Crippen LogP contribution < -0.4 is 10.6 Å². The second-order valence-corrected chi connectivity index (χ2v) is 9.06. The summed E-state index contributed by atoms with van der Waals surface area (Å²) in [5.41, 5.74) is 0.806. The highest BCUT2D eigenvalue weighted by molar-refractivity contribution is 7.89. The molecule has 2 rings (SSSR count). The van der Waals surface area contributed by atoms with Crippen LogP contribution in [0.4, 0.5) is 0 Å². The van der Waals surface area contributed by atoms with E-state index in [1.165, 1.54) is 16.8 Å². The number of carbonyl (C=O) groups is 2. The van der Waals surface area contributed by atoms with Crippen LogP contribution in [0.1, 0.15) is 61.9 Å². The quantitative estimate of drug-likeness (QED) is 0.688. The first-order valence-electron chi connectivity index (χ1n) is 9.98. The molecule has 1 aliphatic rings. The summed E-state index contributed by atoms with van der Waals surface area (Å²) in [5, 5.41) is 5.53. The van der Waals surface area contributed by atoms with Crippen LogP contribution in [0.3, 0.4) is 0 Å². The zero-order valence-corrected chi connectivity index (χ0v) is 17.8. The number of hydrogen-bond acceptors (Lipinski definition) is 4. The maximum Gasteiger partial charge on any atom is 0.251 e. The van der Waals surface area contributed by atoms with Crippen LogP contribution in [0.15, 0.2) is 23.1 Å². The molecule has 0 heterocycles. The largest absolute Gasteiger partial charge is 0.352 e. The Kier molecular flexibility index (Phi) is 8.00. The fourth-order valence-electron chi connectivity index (χ4n) is 3.51. The fraction of sp³-hybridized carbons (Fsp3) is 0.600. The number of amides is 2. The number of sulfonamides is 1. The van der Waals surface area contributed by atoms with E-state index in [1.807, 2.05) is 0 Å². The molecule has 0 radical (unpaired) electrons. The van der Waals surface area contributed by atoms with Gasteiger partial charge in [-0.1, -0.05) is 39.2 Å². The van der Waals surface area contributed by atoms with Gasteiger partial charge in [-0.05, 0) is 37.5 Å². The molecule has 0 unspecified atom stereocenters. The predicted octanol–water partition coefficient (Wildman–Crippen LogP) is 2.20. The molecule has 0 saturated heterocycles. The molecule has 0 bridgehead atoms. The third kappa shape index (κ3) is 5.54. The Balaban J connectivity index is 2.04. The van der Waals surface area contributed by atoms with Gasteiger partial charge in [-0.25, -0.2) is 8.42 Å². The predicted molar refractivity (Wildman–Crippen MR) is 109 cm³/mol. The van der Waals surface area contributed by atoms with Crippen LogP contribution in [0, 0.1) is 6.92 Å². The third-order valence-corrected chi connectivity index (χ3v) is 7.35. The molecule has 1 fully saturated rings. The molecule has 2 amide bonds. The van der Waals surface area contributed by atoms with Crippen LogP contribution in [-0.4, -0.2) is 50.2 Å². The molecule has 0 atom stereocenters. The summed E-state index contributed by atoms with van der Waals surface area (Å²) < 4.78 is 27.0. The minimum atomic E-state index is -3.66. The summed E-state index contributed by atoms with van der Waals surface area (Å²) in [6.07, 6.45) is 5.39. The van der Waals surface area contributed by atoms with E-state index < -0.39 is 15.9 Å². The van der Waals surface area contributed by atoms with Gasteiger partial charge in [0.25, 0.3) is 5.91 Å². The van der Waals surface area contributed by atoms with E-state index >= 15 is 0 Å². The summed E-state index contributed by atoms with van der Waals surface area (Å²) in [7, 11) is -3.66. The monoisotopic (exact) mass is 409 g/mol. The molecule has 1 aliphatic carbocycles. The average Bonchev–Trinajstić information content (AvgIpc) is 2.68. The van der Waals surface area contributed by atoms with Crippen LogP contribution in [0.5, 0.6) is 0 Å². The minimum Gasteiger partial charge on any atom is -0.352 e. The first kappa shape index (κ1) is 22.4. The van der Waals surface area contributed by atoms with Gasteiger partial charge >= 0.3 is 0 Å². The second kappa shape index (κ2) is 10.0. The van der Waals surface area contributed by atoms with Crippen molar-refractivity contribution in [1.29, 1.82) is 0 Å². The van der Waals surface area contributed by atoms with Crippen molar-refractivity contribution < 1.29 is 18.0 Å². The van der Waals surface area contributed by atoms with Gasteiger partial charge in [-0.15, -0.1) is 0 Å². The van der Waals surface area contributed by atoms with Crippen molar-refractivity contribution in [2.45, 2.75) is 63.8 Å². The van der Waals surface area contributed by atoms with Crippen molar-refractivity contribution in [3.63, 3.8) is 0 Å². The third-order valence-electron chi connectivity index (χ3n) is 5.15. The topological polar surface area (TPSA) is 95.6 Å². The van der Waals surface area contributed by atoms with Gasteiger partial charge in [0.2, 0.25) is 15.9 Å². The Bertz CT molecular complexity index is 798. The molecular formula is C20H31N3O4S. The molecule has 0 aliphatic heterocycles. The number of nitrogens with zero attached hydrogens (tertiary/aromatic N) is 1. The Morgan fingerprint density at radius 3 is 2.36 bits per heavy atom. The molecule has 1 aromatic carbocycles. The lowest BCUT2D eigenvalue weighted by Gasteiger charge is -2.22. The summed E-state index contributed by atoms with van der Waals surface area (Å²) in [6, 6.07) is 4.76. The molecule has 0 spiro atoms. The number of carbonyl (C=O) groups excluding carboxylic acids is 2. The van der Waals surface area contributed by atoms with Gasteiger partial charge in [0.1, 0.15) is 0 Å². The van der Waals surface area contributed by atoms with Gasteiger partial charge in [0, 0.05) is 24.7 Å². The summed E-state index contributed by atoms with van der Waals surface area (Å²) >= 11 is 0. The van der Waals surface area contributed by atoms with Crippen molar-refractivity contribution in [2.24, 2.45) is 0 Å². The average molecular weight is 410 g/mol. The van der Waals surface area contributed by atoms with Crippen molar-refractivity contribution in [2.75, 3.05) is 19.6 Å². The Labute approximate surface area is 167 Å². The van der Waals surface area contributed by atoms with Crippen molar-refractivity contribution >= 4 is 21.8 Å². The van der Waals surface area contributed by atoms with Crippen molar-refractivity contribution in [1.82, 2.24) is 14.9 Å². The first-order valence-corrected chi connectivity index (χ1v) is 11.4. The number of rotatable bonds is 8. The second-order valence-electron chi connectivity index (χ2n) is 7.15. The lowest BCUT2D eigenvalue weighted by molar-refractivity contribution is -0.121. The lowest BCUT2D eigenvalue weighted by atomic mass is 9.95. The summed E-state index contributed by atoms with van der Waals surface area (Å²) in [5.74, 6) is -0.682. The van der Waals surface area contributed by atoms with Crippen molar-refractivity contribution in [3.05, 3.63) is 29.3 Å². The Morgan fingerprint density at radius 1 is 1.11 bits per heavy atom. The molecule has 0 aromatic heterocycles. The van der Waals surface area contributed by atoms with E-state index in [9.17, 15) is 18.0 Å². The highest BCUT2D eigenvalue weighted by Crippen LogP contribution is 2.21. The number of nitrogens with one attached hydrogen (secondary N) is 2. The maximum atomic E-state index is 12.8. The standard InChI is InChI=1S/C20H31N3O4S/c1-4-23(5-2)28(26,27)18-13-16(12-11-15(18)3)20(25)21-14-19(24)22-17-9-7-6-8-10-17/h11-13,17H,4-10,14H2,1-3H3,(H,21,25)(H,22,24).